The van der Waals surface area contributed by atoms with Crippen LogP contribution in [0.2, 0.25) is 0 Å². The number of rotatable bonds is 4. The third-order valence-corrected chi connectivity index (χ3v) is 2.70. The van der Waals surface area contributed by atoms with Crippen LogP contribution in [0.25, 0.3) is 0 Å². The number of nitrogens with one attached hydrogen (secondary N) is 1. The molecule has 5 heteroatoms. The van der Waals surface area contributed by atoms with Gasteiger partial charge in [0.25, 0.3) is 5.56 Å². The third-order valence-electron chi connectivity index (χ3n) is 2.70. The highest BCUT2D eigenvalue weighted by atomic mass is 16.5. The van der Waals surface area contributed by atoms with Gasteiger partial charge in [-0.1, -0.05) is 12.1 Å². The van der Waals surface area contributed by atoms with E-state index in [2.05, 4.69) is 4.98 Å². The van der Waals surface area contributed by atoms with E-state index in [1.54, 1.807) is 7.11 Å². The minimum Gasteiger partial charge on any atom is -0.497 e. The zero-order chi connectivity index (χ0) is 13.0. The standard InChI is InChI=1S/C13H14N2O3/c1-18-11-4-2-10(3-5-11)6-8-15-9-7-12(16)14-13(15)17/h2-5,7,9H,6,8H2,1H3,(H,14,16,17). The summed E-state index contributed by atoms with van der Waals surface area (Å²) in [5.41, 5.74) is 0.352. The van der Waals surface area contributed by atoms with Crippen molar-refractivity contribution in [2.45, 2.75) is 13.0 Å². The fourth-order valence-electron chi connectivity index (χ4n) is 1.66. The second-order valence-corrected chi connectivity index (χ2v) is 3.90. The Morgan fingerprint density at radius 1 is 1.17 bits per heavy atom. The molecule has 5 nitrogen and oxygen atoms in total. The van der Waals surface area contributed by atoms with Gasteiger partial charge >= 0.3 is 5.69 Å². The maximum Gasteiger partial charge on any atom is 0.328 e. The lowest BCUT2D eigenvalue weighted by Crippen LogP contribution is -2.29. The van der Waals surface area contributed by atoms with E-state index in [9.17, 15) is 9.59 Å². The largest absolute Gasteiger partial charge is 0.497 e. The summed E-state index contributed by atoms with van der Waals surface area (Å²) in [7, 11) is 1.62. The number of nitrogens with zero attached hydrogens (tertiary/aromatic N) is 1. The summed E-state index contributed by atoms with van der Waals surface area (Å²) in [6.45, 7) is 0.530. The van der Waals surface area contributed by atoms with Gasteiger partial charge in [0, 0.05) is 18.8 Å². The van der Waals surface area contributed by atoms with Crippen molar-refractivity contribution in [2.24, 2.45) is 0 Å². The molecule has 0 aliphatic carbocycles. The Hall–Kier alpha value is -2.30. The number of aryl methyl sites for hydroxylation is 2. The van der Waals surface area contributed by atoms with Crippen LogP contribution in [0.4, 0.5) is 0 Å². The van der Waals surface area contributed by atoms with Crippen molar-refractivity contribution in [1.29, 1.82) is 0 Å². The van der Waals surface area contributed by atoms with Crippen LogP contribution < -0.4 is 16.0 Å². The van der Waals surface area contributed by atoms with E-state index in [1.165, 1.54) is 16.8 Å². The predicted molar refractivity (Wildman–Crippen MR) is 68.0 cm³/mol. The molecule has 0 unspecified atom stereocenters. The van der Waals surface area contributed by atoms with Crippen LogP contribution in [0.3, 0.4) is 0 Å². The van der Waals surface area contributed by atoms with E-state index >= 15 is 0 Å². The van der Waals surface area contributed by atoms with Crippen molar-refractivity contribution < 1.29 is 4.74 Å². The molecule has 0 aliphatic heterocycles. The van der Waals surface area contributed by atoms with Gasteiger partial charge in [-0.25, -0.2) is 4.79 Å². The summed E-state index contributed by atoms with van der Waals surface area (Å²) in [4.78, 5) is 24.6. The summed E-state index contributed by atoms with van der Waals surface area (Å²) in [6, 6.07) is 9.01. The second kappa shape index (κ2) is 5.35. The van der Waals surface area contributed by atoms with E-state index in [4.69, 9.17) is 4.74 Å². The number of aromatic nitrogens is 2. The molecule has 0 saturated carbocycles. The first-order valence-corrected chi connectivity index (χ1v) is 5.62. The molecule has 18 heavy (non-hydrogen) atoms. The SMILES string of the molecule is COc1ccc(CCn2ccc(=O)[nH]c2=O)cc1. The molecular weight excluding hydrogens is 232 g/mol. The van der Waals surface area contributed by atoms with Crippen molar-refractivity contribution in [3.05, 3.63) is 62.9 Å². The molecule has 0 spiro atoms. The number of aromatic amines is 1. The van der Waals surface area contributed by atoms with Crippen molar-refractivity contribution in [1.82, 2.24) is 9.55 Å². The first-order valence-electron chi connectivity index (χ1n) is 5.62. The monoisotopic (exact) mass is 246 g/mol. The molecule has 94 valence electrons. The van der Waals surface area contributed by atoms with Crippen LogP contribution in [0.5, 0.6) is 5.75 Å². The van der Waals surface area contributed by atoms with E-state index in [0.717, 1.165) is 17.7 Å². The van der Waals surface area contributed by atoms with Crippen molar-refractivity contribution in [3.63, 3.8) is 0 Å². The van der Waals surface area contributed by atoms with Crippen LogP contribution in [-0.2, 0) is 13.0 Å². The maximum absolute atomic E-state index is 11.4. The Bertz CT molecular complexity index is 626. The number of H-pyrrole nitrogens is 1. The summed E-state index contributed by atoms with van der Waals surface area (Å²) in [5.74, 6) is 0.806. The van der Waals surface area contributed by atoms with E-state index < -0.39 is 0 Å². The smallest absolute Gasteiger partial charge is 0.328 e. The molecule has 1 aromatic carbocycles. The minimum atomic E-state index is -0.379. The molecule has 2 rings (SSSR count). The van der Waals surface area contributed by atoms with Crippen molar-refractivity contribution in [3.8, 4) is 5.75 Å². The van der Waals surface area contributed by atoms with Crippen LogP contribution in [0.15, 0.2) is 46.1 Å². The minimum absolute atomic E-state index is 0.374. The molecule has 1 aromatic heterocycles. The number of ether oxygens (including phenoxy) is 1. The molecule has 0 fully saturated rings. The molecular formula is C13H14N2O3. The predicted octanol–water partition coefficient (Wildman–Crippen LogP) is 0.788. The number of benzene rings is 1. The fraction of sp³-hybridized carbons (Fsp3) is 0.231. The highest BCUT2D eigenvalue weighted by Crippen LogP contribution is 2.11. The van der Waals surface area contributed by atoms with Crippen LogP contribution >= 0.6 is 0 Å². The van der Waals surface area contributed by atoms with Gasteiger partial charge in [-0.15, -0.1) is 0 Å². The Morgan fingerprint density at radius 3 is 2.50 bits per heavy atom. The van der Waals surface area contributed by atoms with Crippen LogP contribution in [0, 0.1) is 0 Å². The molecule has 2 aromatic rings. The summed E-state index contributed by atoms with van der Waals surface area (Å²) < 4.78 is 6.55. The molecule has 0 saturated heterocycles. The highest BCUT2D eigenvalue weighted by molar-refractivity contribution is 5.27. The Balaban J connectivity index is 2.06. The zero-order valence-electron chi connectivity index (χ0n) is 10.1. The van der Waals surface area contributed by atoms with Crippen LogP contribution in [-0.4, -0.2) is 16.7 Å². The molecule has 1 N–H and O–H groups in total. The molecule has 0 atom stereocenters. The van der Waals surface area contributed by atoms with Gasteiger partial charge in [0.1, 0.15) is 5.75 Å². The second-order valence-electron chi connectivity index (χ2n) is 3.90. The fourth-order valence-corrected chi connectivity index (χ4v) is 1.66. The Morgan fingerprint density at radius 2 is 1.89 bits per heavy atom. The summed E-state index contributed by atoms with van der Waals surface area (Å²) in [5, 5.41) is 0. The van der Waals surface area contributed by atoms with Gasteiger partial charge < -0.3 is 9.30 Å². The van der Waals surface area contributed by atoms with Gasteiger partial charge in [-0.2, -0.15) is 0 Å². The molecule has 0 aliphatic rings. The van der Waals surface area contributed by atoms with Gasteiger partial charge in [0.2, 0.25) is 0 Å². The first kappa shape index (κ1) is 12.2. The van der Waals surface area contributed by atoms with E-state index in [-0.39, 0.29) is 11.2 Å². The topological polar surface area (TPSA) is 64.1 Å². The zero-order valence-corrected chi connectivity index (χ0v) is 10.1. The number of methoxy groups -OCH3 is 1. The molecule has 1 heterocycles. The molecule has 0 radical (unpaired) electrons. The summed E-state index contributed by atoms with van der Waals surface area (Å²) >= 11 is 0. The van der Waals surface area contributed by atoms with E-state index in [1.807, 2.05) is 24.3 Å². The van der Waals surface area contributed by atoms with Crippen LogP contribution in [0.1, 0.15) is 5.56 Å². The Kier molecular flexibility index (Phi) is 3.62. The molecule has 0 amide bonds. The van der Waals surface area contributed by atoms with Gasteiger partial charge in [-0.3, -0.25) is 9.78 Å². The van der Waals surface area contributed by atoms with Gasteiger partial charge in [-0.05, 0) is 24.1 Å². The van der Waals surface area contributed by atoms with Crippen molar-refractivity contribution in [2.75, 3.05) is 7.11 Å². The number of hydrogen-bond acceptors (Lipinski definition) is 3. The Labute approximate surface area is 104 Å². The lowest BCUT2D eigenvalue weighted by Gasteiger charge is -2.05. The van der Waals surface area contributed by atoms with E-state index in [0.29, 0.717) is 6.54 Å². The lowest BCUT2D eigenvalue weighted by molar-refractivity contribution is 0.414. The lowest BCUT2D eigenvalue weighted by atomic mass is 10.1. The summed E-state index contributed by atoms with van der Waals surface area (Å²) in [6.07, 6.45) is 2.22. The number of hydrogen-bond donors (Lipinski definition) is 1. The normalized spacial score (nSPS) is 10.3. The average molecular weight is 246 g/mol. The maximum atomic E-state index is 11.4. The molecule has 0 bridgehead atoms. The first-order chi connectivity index (χ1) is 8.69. The third kappa shape index (κ3) is 2.88. The highest BCUT2D eigenvalue weighted by Gasteiger charge is 1.98. The van der Waals surface area contributed by atoms with Crippen molar-refractivity contribution >= 4 is 0 Å². The van der Waals surface area contributed by atoms with Gasteiger partial charge in [0.05, 0.1) is 7.11 Å². The van der Waals surface area contributed by atoms with Gasteiger partial charge in [0.15, 0.2) is 0 Å². The average Bonchev–Trinajstić information content (AvgIpc) is 2.38. The quantitative estimate of drug-likeness (QED) is 0.867.